The van der Waals surface area contributed by atoms with E-state index in [2.05, 4.69) is 0 Å². The fraction of sp³-hybridized carbons (Fsp3) is 0.269. The van der Waals surface area contributed by atoms with Gasteiger partial charge in [0.2, 0.25) is 11.8 Å². The number of hydrogen-bond donors (Lipinski definition) is 2. The van der Waals surface area contributed by atoms with Gasteiger partial charge >= 0.3 is 17.3 Å². The van der Waals surface area contributed by atoms with Crippen LogP contribution in [-0.4, -0.2) is 55.6 Å². The molecule has 15 nitrogen and oxygen atoms in total. The molecule has 3 rings (SSSR count). The molecule has 0 bridgehead atoms. The smallest absolute Gasteiger partial charge is 0.310 e. The summed E-state index contributed by atoms with van der Waals surface area (Å²) in [6.45, 7) is 3.96. The van der Waals surface area contributed by atoms with Crippen LogP contribution in [0.15, 0.2) is 60.8 Å². The van der Waals surface area contributed by atoms with Crippen molar-refractivity contribution in [2.45, 2.75) is 32.9 Å². The Morgan fingerprint density at radius 3 is 1.95 bits per heavy atom. The van der Waals surface area contributed by atoms with Gasteiger partial charge in [-0.2, -0.15) is 0 Å². The monoisotopic (exact) mass is 569 g/mol. The minimum absolute atomic E-state index is 0.0164. The third kappa shape index (κ3) is 5.63. The van der Waals surface area contributed by atoms with E-state index in [1.54, 1.807) is 13.0 Å². The average Bonchev–Trinajstić information content (AvgIpc) is 2.89. The number of benzene rings is 2. The average molecular weight is 570 g/mol. The first kappa shape index (κ1) is 30.1. The Morgan fingerprint density at radius 2 is 1.49 bits per heavy atom. The lowest BCUT2D eigenvalue weighted by atomic mass is 9.86. The molecule has 2 atom stereocenters. The molecule has 41 heavy (non-hydrogen) atoms. The Morgan fingerprint density at radius 1 is 0.951 bits per heavy atom. The second kappa shape index (κ2) is 11.7. The third-order valence-corrected chi connectivity index (χ3v) is 6.47. The number of nitro benzene ring substituents is 2. The summed E-state index contributed by atoms with van der Waals surface area (Å²) >= 11 is 0. The Labute approximate surface area is 233 Å². The van der Waals surface area contributed by atoms with Crippen LogP contribution >= 0.6 is 0 Å². The molecule has 0 saturated carbocycles. The second-order valence-corrected chi connectivity index (χ2v) is 9.06. The Kier molecular flexibility index (Phi) is 8.60. The largest absolute Gasteiger partial charge is 0.502 e. The predicted octanol–water partition coefficient (Wildman–Crippen LogP) is 3.52. The summed E-state index contributed by atoms with van der Waals surface area (Å²) in [6.07, 6.45) is 5.72. The molecule has 0 saturated heterocycles. The van der Waals surface area contributed by atoms with Crippen LogP contribution in [-0.2, 0) is 19.1 Å². The highest BCUT2D eigenvalue weighted by Crippen LogP contribution is 2.43. The number of nitro groups is 2. The topological polar surface area (TPSA) is 197 Å². The lowest BCUT2D eigenvalue weighted by Gasteiger charge is -2.55. The quantitative estimate of drug-likeness (QED) is 0.254. The normalized spacial score (nSPS) is 16.5. The van der Waals surface area contributed by atoms with Gasteiger partial charge < -0.3 is 14.9 Å². The third-order valence-electron chi connectivity index (χ3n) is 6.47. The van der Waals surface area contributed by atoms with Gasteiger partial charge in [-0.05, 0) is 24.3 Å². The molecule has 2 aromatic rings. The number of hydrogen-bond acceptors (Lipinski definition) is 11. The molecular formula is C26H27N5O10. The maximum absolute atomic E-state index is 13.4. The van der Waals surface area contributed by atoms with Crippen LogP contribution in [0.25, 0.3) is 0 Å². The first-order valence-corrected chi connectivity index (χ1v) is 12.0. The maximum atomic E-state index is 13.4. The number of rotatable bonds is 9. The van der Waals surface area contributed by atoms with Crippen molar-refractivity contribution >= 4 is 40.5 Å². The van der Waals surface area contributed by atoms with E-state index in [4.69, 9.17) is 4.74 Å². The Balaban J connectivity index is 2.35. The van der Waals surface area contributed by atoms with Crippen molar-refractivity contribution in [3.05, 3.63) is 81.1 Å². The van der Waals surface area contributed by atoms with Gasteiger partial charge in [0.15, 0.2) is 17.2 Å². The molecule has 0 aromatic heterocycles. The summed E-state index contributed by atoms with van der Waals surface area (Å²) in [6, 6.07) is 6.45. The zero-order valence-electron chi connectivity index (χ0n) is 22.5. The van der Waals surface area contributed by atoms with Crippen LogP contribution < -0.4 is 9.91 Å². The van der Waals surface area contributed by atoms with E-state index in [0.29, 0.717) is 0 Å². The number of phenols is 2. The standard InChI is InChI=1S/C26H27N5O10/c1-16(13-25(36)41-4)26(28(17(2)32)19-7-9-21(30(37)38)23(34)14-19)11-5-6-12-27(26)29(18(3)33)20-8-10-22(31(39)40)24(35)15-20/h5-12,14-16,34-35H,13H2,1-4H3. The molecular weight excluding hydrogens is 542 g/mol. The highest BCUT2D eigenvalue weighted by molar-refractivity contribution is 5.96. The zero-order valence-corrected chi connectivity index (χ0v) is 22.5. The second-order valence-electron chi connectivity index (χ2n) is 9.06. The number of amides is 2. The lowest BCUT2D eigenvalue weighted by Crippen LogP contribution is -2.69. The number of carbonyl (C=O) groups is 3. The summed E-state index contributed by atoms with van der Waals surface area (Å²) in [5, 5.41) is 45.6. The summed E-state index contributed by atoms with van der Waals surface area (Å²) in [7, 11) is 1.18. The molecule has 2 aromatic carbocycles. The van der Waals surface area contributed by atoms with Gasteiger partial charge in [-0.1, -0.05) is 13.0 Å². The van der Waals surface area contributed by atoms with Crippen molar-refractivity contribution in [2.24, 2.45) is 5.92 Å². The van der Waals surface area contributed by atoms with Gasteiger partial charge in [-0.15, -0.1) is 0 Å². The summed E-state index contributed by atoms with van der Waals surface area (Å²) < 4.78 is 4.85. The van der Waals surface area contributed by atoms with Crippen molar-refractivity contribution in [1.29, 1.82) is 0 Å². The van der Waals surface area contributed by atoms with E-state index in [1.165, 1.54) is 56.5 Å². The number of esters is 1. The molecule has 1 heterocycles. The Hall–Kier alpha value is -5.47. The molecule has 0 fully saturated rings. The van der Waals surface area contributed by atoms with Gasteiger partial charge in [-0.25, -0.2) is 5.01 Å². The van der Waals surface area contributed by atoms with Crippen LogP contribution in [0, 0.1) is 26.1 Å². The van der Waals surface area contributed by atoms with E-state index in [0.717, 1.165) is 34.2 Å². The van der Waals surface area contributed by atoms with Crippen molar-refractivity contribution in [1.82, 2.24) is 5.01 Å². The summed E-state index contributed by atoms with van der Waals surface area (Å²) in [5.41, 5.74) is -3.01. The number of aromatic hydroxyl groups is 2. The molecule has 1 aliphatic heterocycles. The highest BCUT2D eigenvalue weighted by atomic mass is 16.6. The fourth-order valence-corrected chi connectivity index (χ4v) is 4.72. The van der Waals surface area contributed by atoms with E-state index in [-0.39, 0.29) is 17.8 Å². The summed E-state index contributed by atoms with van der Waals surface area (Å²) in [4.78, 5) is 61.1. The van der Waals surface area contributed by atoms with Crippen LogP contribution in [0.3, 0.4) is 0 Å². The molecule has 0 radical (unpaired) electrons. The number of nitrogens with zero attached hydrogens (tertiary/aromatic N) is 5. The molecule has 1 aliphatic rings. The fourth-order valence-electron chi connectivity index (χ4n) is 4.72. The maximum Gasteiger partial charge on any atom is 0.310 e. The number of carbonyl (C=O) groups excluding carboxylic acids is 3. The van der Waals surface area contributed by atoms with Gasteiger partial charge in [0, 0.05) is 50.2 Å². The van der Waals surface area contributed by atoms with Gasteiger partial charge in [0.1, 0.15) is 0 Å². The van der Waals surface area contributed by atoms with Crippen molar-refractivity contribution in [2.75, 3.05) is 17.0 Å². The zero-order chi connectivity index (χ0) is 30.6. The van der Waals surface area contributed by atoms with Gasteiger partial charge in [0.25, 0.3) is 0 Å². The SMILES string of the molecule is COC(=O)CC(C)C1(N(C(C)=O)c2ccc([N+](=O)[O-])c(O)c2)C=CC=CN1N(C(C)=O)c1ccc([N+](=O)[O-])c(O)c1. The summed E-state index contributed by atoms with van der Waals surface area (Å²) in [5.74, 6) is -4.28. The van der Waals surface area contributed by atoms with Gasteiger partial charge in [0.05, 0.1) is 34.8 Å². The van der Waals surface area contributed by atoms with Crippen molar-refractivity contribution in [3.63, 3.8) is 0 Å². The minimum atomic E-state index is -1.75. The minimum Gasteiger partial charge on any atom is -0.502 e. The molecule has 2 unspecified atom stereocenters. The van der Waals surface area contributed by atoms with Gasteiger partial charge in [-0.3, -0.25) is 44.5 Å². The number of hydrazine groups is 1. The predicted molar refractivity (Wildman–Crippen MR) is 144 cm³/mol. The molecule has 2 amide bonds. The number of phenolic OH excluding ortho intramolecular Hbond substituents is 2. The number of ether oxygens (including phenoxy) is 1. The molecule has 15 heteroatoms. The first-order valence-electron chi connectivity index (χ1n) is 12.0. The van der Waals surface area contributed by atoms with Crippen LogP contribution in [0.2, 0.25) is 0 Å². The van der Waals surface area contributed by atoms with E-state index >= 15 is 0 Å². The molecule has 2 N–H and O–H groups in total. The van der Waals surface area contributed by atoms with E-state index in [1.807, 2.05) is 0 Å². The molecule has 0 aliphatic carbocycles. The number of methoxy groups -OCH3 is 1. The lowest BCUT2D eigenvalue weighted by molar-refractivity contribution is -0.386. The van der Waals surface area contributed by atoms with Crippen LogP contribution in [0.4, 0.5) is 22.7 Å². The molecule has 0 spiro atoms. The van der Waals surface area contributed by atoms with Crippen LogP contribution in [0.1, 0.15) is 27.2 Å². The Bertz CT molecular complexity index is 1470. The number of allylic oxidation sites excluding steroid dienone is 2. The van der Waals surface area contributed by atoms with Crippen molar-refractivity contribution < 1.29 is 39.2 Å². The van der Waals surface area contributed by atoms with E-state index < -0.39 is 62.1 Å². The number of anilines is 2. The van der Waals surface area contributed by atoms with E-state index in [9.17, 15) is 44.8 Å². The van der Waals surface area contributed by atoms with Crippen LogP contribution in [0.5, 0.6) is 11.5 Å². The molecule has 216 valence electrons. The highest BCUT2D eigenvalue weighted by Gasteiger charge is 2.51. The van der Waals surface area contributed by atoms with Crippen molar-refractivity contribution in [3.8, 4) is 11.5 Å². The first-order chi connectivity index (χ1) is 19.3.